The largest absolute Gasteiger partial charge is 0.381 e. The van der Waals surface area contributed by atoms with Gasteiger partial charge in [-0.05, 0) is 18.1 Å². The Morgan fingerprint density at radius 1 is 1.21 bits per heavy atom. The second kappa shape index (κ2) is 4.35. The van der Waals surface area contributed by atoms with Crippen LogP contribution in [0, 0.1) is 0 Å². The Morgan fingerprint density at radius 3 is 2.84 bits per heavy atom. The fraction of sp³-hybridized carbons (Fsp3) is 0.214. The molecule has 0 bridgehead atoms. The van der Waals surface area contributed by atoms with Crippen molar-refractivity contribution in [3.05, 3.63) is 42.4 Å². The Morgan fingerprint density at radius 2 is 2.05 bits per heavy atom. The number of benzene rings is 1. The molecule has 19 heavy (non-hydrogen) atoms. The average molecular weight is 253 g/mol. The number of nitrogen functional groups attached to an aromatic ring is 1. The van der Waals surface area contributed by atoms with E-state index in [4.69, 9.17) is 5.73 Å². The Hall–Kier alpha value is -2.43. The number of nitrogens with two attached hydrogens (primary N) is 1. The fourth-order valence-electron chi connectivity index (χ4n) is 2.31. The maximum absolute atomic E-state index is 5.92. The number of nitrogens with zero attached hydrogens (tertiary/aromatic N) is 4. The summed E-state index contributed by atoms with van der Waals surface area (Å²) in [5.41, 5.74) is 7.83. The van der Waals surface area contributed by atoms with Crippen LogP contribution in [-0.2, 0) is 0 Å². The molecule has 5 heteroatoms. The SMILES string of the molecule is CC(C)c1c(N)nnn1-c1cccc2cnccc12. The van der Waals surface area contributed by atoms with E-state index >= 15 is 0 Å². The summed E-state index contributed by atoms with van der Waals surface area (Å²) in [4.78, 5) is 4.14. The summed E-state index contributed by atoms with van der Waals surface area (Å²) >= 11 is 0. The quantitative estimate of drug-likeness (QED) is 0.761. The van der Waals surface area contributed by atoms with Crippen LogP contribution >= 0.6 is 0 Å². The molecule has 0 aliphatic rings. The molecule has 0 spiro atoms. The van der Waals surface area contributed by atoms with E-state index in [0.717, 1.165) is 22.2 Å². The third-order valence-electron chi connectivity index (χ3n) is 3.17. The van der Waals surface area contributed by atoms with Gasteiger partial charge in [0, 0.05) is 23.2 Å². The minimum Gasteiger partial charge on any atom is -0.381 e. The van der Waals surface area contributed by atoms with Gasteiger partial charge in [0.05, 0.1) is 11.4 Å². The lowest BCUT2D eigenvalue weighted by Crippen LogP contribution is -2.06. The van der Waals surface area contributed by atoms with Crippen molar-refractivity contribution in [1.82, 2.24) is 20.0 Å². The predicted molar refractivity (Wildman–Crippen MR) is 75.2 cm³/mol. The van der Waals surface area contributed by atoms with Crippen LogP contribution in [0.15, 0.2) is 36.7 Å². The van der Waals surface area contributed by atoms with E-state index in [2.05, 4.69) is 29.1 Å². The van der Waals surface area contributed by atoms with Crippen molar-refractivity contribution < 1.29 is 0 Å². The monoisotopic (exact) mass is 253 g/mol. The number of pyridine rings is 1. The van der Waals surface area contributed by atoms with E-state index in [0.29, 0.717) is 5.82 Å². The Labute approximate surface area is 111 Å². The molecule has 96 valence electrons. The Balaban J connectivity index is 2.31. The molecular weight excluding hydrogens is 238 g/mol. The van der Waals surface area contributed by atoms with Crippen LogP contribution in [0.25, 0.3) is 16.5 Å². The highest BCUT2D eigenvalue weighted by molar-refractivity contribution is 5.89. The predicted octanol–water partition coefficient (Wildman–Crippen LogP) is 2.52. The molecule has 0 radical (unpaired) electrons. The lowest BCUT2D eigenvalue weighted by molar-refractivity contribution is 0.719. The zero-order chi connectivity index (χ0) is 13.4. The van der Waals surface area contributed by atoms with Gasteiger partial charge in [0.15, 0.2) is 5.82 Å². The van der Waals surface area contributed by atoms with Crippen molar-refractivity contribution >= 4 is 16.6 Å². The molecule has 3 aromatic rings. The van der Waals surface area contributed by atoms with E-state index in [-0.39, 0.29) is 5.92 Å². The minimum absolute atomic E-state index is 0.257. The maximum Gasteiger partial charge on any atom is 0.169 e. The fourth-order valence-corrected chi connectivity index (χ4v) is 2.31. The van der Waals surface area contributed by atoms with Crippen LogP contribution in [0.4, 0.5) is 5.82 Å². The number of aromatic nitrogens is 4. The van der Waals surface area contributed by atoms with E-state index < -0.39 is 0 Å². The lowest BCUT2D eigenvalue weighted by atomic mass is 10.1. The first kappa shape index (κ1) is 11.6. The molecular formula is C14H15N5. The molecule has 0 fully saturated rings. The number of rotatable bonds is 2. The first-order valence-corrected chi connectivity index (χ1v) is 6.22. The summed E-state index contributed by atoms with van der Waals surface area (Å²) in [5.74, 6) is 0.744. The molecule has 1 aromatic carbocycles. The molecule has 2 aromatic heterocycles. The Bertz CT molecular complexity index is 724. The van der Waals surface area contributed by atoms with Gasteiger partial charge in [0.2, 0.25) is 0 Å². The van der Waals surface area contributed by atoms with Crippen LogP contribution in [-0.4, -0.2) is 20.0 Å². The summed E-state index contributed by atoms with van der Waals surface area (Å²) in [5, 5.41) is 10.3. The van der Waals surface area contributed by atoms with Crippen molar-refractivity contribution in [1.29, 1.82) is 0 Å². The van der Waals surface area contributed by atoms with Gasteiger partial charge >= 0.3 is 0 Å². The van der Waals surface area contributed by atoms with E-state index in [1.165, 1.54) is 0 Å². The van der Waals surface area contributed by atoms with Crippen LogP contribution < -0.4 is 5.73 Å². The number of hydrogen-bond donors (Lipinski definition) is 1. The van der Waals surface area contributed by atoms with Gasteiger partial charge in [-0.1, -0.05) is 31.2 Å². The zero-order valence-corrected chi connectivity index (χ0v) is 10.9. The van der Waals surface area contributed by atoms with Crippen molar-refractivity contribution in [2.45, 2.75) is 19.8 Å². The molecule has 0 aliphatic carbocycles. The molecule has 0 aliphatic heterocycles. The smallest absolute Gasteiger partial charge is 0.169 e. The van der Waals surface area contributed by atoms with E-state index in [9.17, 15) is 0 Å². The van der Waals surface area contributed by atoms with E-state index in [1.54, 1.807) is 6.20 Å². The zero-order valence-electron chi connectivity index (χ0n) is 10.9. The first-order chi connectivity index (χ1) is 9.18. The van der Waals surface area contributed by atoms with Gasteiger partial charge < -0.3 is 5.73 Å². The van der Waals surface area contributed by atoms with Gasteiger partial charge in [-0.15, -0.1) is 5.10 Å². The van der Waals surface area contributed by atoms with Crippen molar-refractivity contribution in [3.63, 3.8) is 0 Å². The minimum atomic E-state index is 0.257. The van der Waals surface area contributed by atoms with Gasteiger partial charge in [-0.25, -0.2) is 4.68 Å². The van der Waals surface area contributed by atoms with Crippen molar-refractivity contribution in [2.24, 2.45) is 0 Å². The molecule has 0 unspecified atom stereocenters. The van der Waals surface area contributed by atoms with Crippen LogP contribution in [0.1, 0.15) is 25.5 Å². The number of hydrogen-bond acceptors (Lipinski definition) is 4. The number of fused-ring (bicyclic) bond motifs is 1. The molecule has 0 saturated heterocycles. The average Bonchev–Trinajstić information content (AvgIpc) is 2.80. The third-order valence-corrected chi connectivity index (χ3v) is 3.17. The van der Waals surface area contributed by atoms with Crippen LogP contribution in [0.3, 0.4) is 0 Å². The lowest BCUT2D eigenvalue weighted by Gasteiger charge is -2.11. The summed E-state index contributed by atoms with van der Waals surface area (Å²) in [6, 6.07) is 8.01. The summed E-state index contributed by atoms with van der Waals surface area (Å²) in [6.45, 7) is 4.16. The van der Waals surface area contributed by atoms with Gasteiger partial charge in [0.25, 0.3) is 0 Å². The standard InChI is InChI=1S/C14H15N5/c1-9(2)13-14(15)17-18-19(13)12-5-3-4-10-8-16-7-6-11(10)12/h3-9H,15H2,1-2H3. The topological polar surface area (TPSA) is 69.6 Å². The van der Waals surface area contributed by atoms with Gasteiger partial charge in [-0.3, -0.25) is 4.98 Å². The second-order valence-electron chi connectivity index (χ2n) is 4.80. The molecule has 0 amide bonds. The summed E-state index contributed by atoms with van der Waals surface area (Å²) in [6.07, 6.45) is 3.62. The molecule has 0 atom stereocenters. The highest BCUT2D eigenvalue weighted by atomic mass is 15.4. The molecule has 0 saturated carbocycles. The first-order valence-electron chi connectivity index (χ1n) is 6.22. The van der Waals surface area contributed by atoms with Crippen molar-refractivity contribution in [2.75, 3.05) is 5.73 Å². The molecule has 3 rings (SSSR count). The van der Waals surface area contributed by atoms with Crippen LogP contribution in [0.2, 0.25) is 0 Å². The highest BCUT2D eigenvalue weighted by Gasteiger charge is 2.16. The maximum atomic E-state index is 5.92. The molecule has 2 heterocycles. The van der Waals surface area contributed by atoms with Crippen molar-refractivity contribution in [3.8, 4) is 5.69 Å². The van der Waals surface area contributed by atoms with E-state index in [1.807, 2.05) is 35.1 Å². The highest BCUT2D eigenvalue weighted by Crippen LogP contribution is 2.27. The Kier molecular flexibility index (Phi) is 2.67. The second-order valence-corrected chi connectivity index (χ2v) is 4.80. The third kappa shape index (κ3) is 1.83. The van der Waals surface area contributed by atoms with Gasteiger partial charge in [0.1, 0.15) is 0 Å². The summed E-state index contributed by atoms with van der Waals surface area (Å²) in [7, 11) is 0. The summed E-state index contributed by atoms with van der Waals surface area (Å²) < 4.78 is 1.82. The van der Waals surface area contributed by atoms with Crippen LogP contribution in [0.5, 0.6) is 0 Å². The number of anilines is 1. The normalized spacial score (nSPS) is 11.3. The van der Waals surface area contributed by atoms with Gasteiger partial charge in [-0.2, -0.15) is 0 Å². The molecule has 5 nitrogen and oxygen atoms in total. The molecule has 2 N–H and O–H groups in total.